The Hall–Kier alpha value is -0.810. The molecule has 1 aromatic rings. The molecule has 1 aliphatic rings. The molecule has 0 aliphatic carbocycles. The first-order valence-corrected chi connectivity index (χ1v) is 11.4. The van der Waals surface area contributed by atoms with E-state index >= 15 is 0 Å². The quantitative estimate of drug-likeness (QED) is 0.307. The predicted octanol–water partition coefficient (Wildman–Crippen LogP) is 4.21. The summed E-state index contributed by atoms with van der Waals surface area (Å²) in [6, 6.07) is 10.7. The van der Waals surface area contributed by atoms with Crippen molar-refractivity contribution in [2.45, 2.75) is 31.1 Å². The Bertz CT molecular complexity index is 479. The van der Waals surface area contributed by atoms with Crippen molar-refractivity contribution in [3.8, 4) is 0 Å². The van der Waals surface area contributed by atoms with Crippen molar-refractivity contribution in [1.82, 2.24) is 10.2 Å². The van der Waals surface area contributed by atoms with Crippen LogP contribution >= 0.6 is 23.5 Å². The molecule has 1 heterocycles. The van der Waals surface area contributed by atoms with Gasteiger partial charge in [0.05, 0.1) is 0 Å². The second kappa shape index (κ2) is 11.7. The predicted molar refractivity (Wildman–Crippen MR) is 110 cm³/mol. The number of nitrogens with one attached hydrogen (secondary N) is 1. The van der Waals surface area contributed by atoms with Crippen molar-refractivity contribution in [3.63, 3.8) is 0 Å². The van der Waals surface area contributed by atoms with Gasteiger partial charge in [0.25, 0.3) is 0 Å². The van der Waals surface area contributed by atoms with Crippen molar-refractivity contribution in [2.75, 3.05) is 43.9 Å². The monoisotopic (exact) mass is 365 g/mol. The van der Waals surface area contributed by atoms with E-state index in [1.54, 1.807) is 0 Å². The minimum atomic E-state index is 0.760. The molecular weight excluding hydrogens is 334 g/mol. The van der Waals surface area contributed by atoms with Crippen molar-refractivity contribution in [1.29, 1.82) is 0 Å². The molecule has 1 fully saturated rings. The van der Waals surface area contributed by atoms with Gasteiger partial charge in [0.2, 0.25) is 0 Å². The van der Waals surface area contributed by atoms with Gasteiger partial charge in [-0.25, -0.2) is 0 Å². The van der Waals surface area contributed by atoms with Crippen molar-refractivity contribution in [2.24, 2.45) is 10.9 Å². The van der Waals surface area contributed by atoms with Gasteiger partial charge in [0, 0.05) is 36.8 Å². The minimum Gasteiger partial charge on any atom is -0.357 e. The van der Waals surface area contributed by atoms with E-state index in [2.05, 4.69) is 53.7 Å². The van der Waals surface area contributed by atoms with E-state index in [1.165, 1.54) is 35.7 Å². The molecule has 0 bridgehead atoms. The summed E-state index contributed by atoms with van der Waals surface area (Å²) in [5.74, 6) is 4.33. The van der Waals surface area contributed by atoms with Gasteiger partial charge < -0.3 is 10.2 Å². The number of aliphatic imine (C=N–C) groups is 1. The maximum atomic E-state index is 4.84. The first-order chi connectivity index (χ1) is 11.8. The molecule has 1 atom stereocenters. The molecule has 1 saturated heterocycles. The summed E-state index contributed by atoms with van der Waals surface area (Å²) in [5.41, 5.74) is 0. The van der Waals surface area contributed by atoms with E-state index in [9.17, 15) is 0 Å². The first-order valence-electron chi connectivity index (χ1n) is 9.03. The lowest BCUT2D eigenvalue weighted by molar-refractivity contribution is 0.474. The van der Waals surface area contributed by atoms with E-state index < -0.39 is 0 Å². The third-order valence-corrected chi connectivity index (χ3v) is 6.11. The maximum absolute atomic E-state index is 4.84. The van der Waals surface area contributed by atoms with Crippen LogP contribution in [0.25, 0.3) is 0 Å². The molecule has 1 aromatic carbocycles. The van der Waals surface area contributed by atoms with Crippen LogP contribution in [0.3, 0.4) is 0 Å². The number of thioether (sulfide) groups is 2. The van der Waals surface area contributed by atoms with E-state index in [0.29, 0.717) is 0 Å². The van der Waals surface area contributed by atoms with E-state index in [4.69, 9.17) is 4.99 Å². The second-order valence-electron chi connectivity index (χ2n) is 6.16. The molecule has 0 aromatic heterocycles. The van der Waals surface area contributed by atoms with Gasteiger partial charge >= 0.3 is 0 Å². The Labute approximate surface area is 156 Å². The Kier molecular flexibility index (Phi) is 9.51. The topological polar surface area (TPSA) is 27.6 Å². The highest BCUT2D eigenvalue weighted by Crippen LogP contribution is 2.25. The summed E-state index contributed by atoms with van der Waals surface area (Å²) in [6.07, 6.45) is 5.90. The lowest BCUT2D eigenvalue weighted by Crippen LogP contribution is -2.40. The fourth-order valence-corrected chi connectivity index (χ4v) is 4.40. The van der Waals surface area contributed by atoms with Crippen molar-refractivity contribution < 1.29 is 0 Å². The van der Waals surface area contributed by atoms with Crippen LogP contribution in [0.15, 0.2) is 40.2 Å². The Morgan fingerprint density at radius 1 is 1.29 bits per heavy atom. The standard InChI is InChI=1S/C19H31N3S2/c1-3-20-19(21-12-7-8-14-23-2)22-13-11-17(15-22)16-24-18-9-5-4-6-10-18/h4-6,9-10,17H,3,7-8,11-16H2,1-2H3,(H,20,21). The molecule has 1 N–H and O–H groups in total. The fourth-order valence-electron chi connectivity index (χ4n) is 2.86. The number of unbranched alkanes of at least 4 members (excludes halogenated alkanes) is 1. The lowest BCUT2D eigenvalue weighted by atomic mass is 10.2. The zero-order valence-electron chi connectivity index (χ0n) is 15.0. The highest BCUT2D eigenvalue weighted by atomic mass is 32.2. The summed E-state index contributed by atoms with van der Waals surface area (Å²) in [6.45, 7) is 6.32. The number of nitrogens with zero attached hydrogens (tertiary/aromatic N) is 2. The molecule has 1 aliphatic heterocycles. The van der Waals surface area contributed by atoms with E-state index in [0.717, 1.165) is 38.1 Å². The van der Waals surface area contributed by atoms with Crippen LogP contribution in [0.4, 0.5) is 0 Å². The maximum Gasteiger partial charge on any atom is 0.193 e. The summed E-state index contributed by atoms with van der Waals surface area (Å²) < 4.78 is 0. The number of guanidine groups is 1. The van der Waals surface area contributed by atoms with Gasteiger partial charge in [-0.15, -0.1) is 11.8 Å². The molecule has 0 saturated carbocycles. The number of benzene rings is 1. The molecule has 0 amide bonds. The van der Waals surface area contributed by atoms with Crippen LogP contribution in [-0.2, 0) is 0 Å². The SMILES string of the molecule is CCNC(=NCCCCSC)N1CCC(CSc2ccccc2)C1. The number of hydrogen-bond acceptors (Lipinski definition) is 3. The summed E-state index contributed by atoms with van der Waals surface area (Å²) in [7, 11) is 0. The number of hydrogen-bond donors (Lipinski definition) is 1. The molecular formula is C19H31N3S2. The van der Waals surface area contributed by atoms with Gasteiger partial charge in [0.1, 0.15) is 0 Å². The normalized spacial score (nSPS) is 18.2. The molecule has 0 radical (unpaired) electrons. The second-order valence-corrected chi connectivity index (χ2v) is 8.24. The summed E-state index contributed by atoms with van der Waals surface area (Å²) in [4.78, 5) is 8.67. The molecule has 24 heavy (non-hydrogen) atoms. The highest BCUT2D eigenvalue weighted by molar-refractivity contribution is 7.99. The number of rotatable bonds is 9. The average molecular weight is 366 g/mol. The molecule has 0 spiro atoms. The van der Waals surface area contributed by atoms with Crippen LogP contribution < -0.4 is 5.32 Å². The van der Waals surface area contributed by atoms with Crippen LogP contribution in [-0.4, -0.2) is 54.8 Å². The third kappa shape index (κ3) is 6.98. The Morgan fingerprint density at radius 2 is 2.12 bits per heavy atom. The molecule has 134 valence electrons. The molecule has 1 unspecified atom stereocenters. The van der Waals surface area contributed by atoms with Crippen LogP contribution in [0.1, 0.15) is 26.2 Å². The first kappa shape index (κ1) is 19.5. The van der Waals surface area contributed by atoms with Gasteiger partial charge in [-0.05, 0) is 56.2 Å². The molecule has 2 rings (SSSR count). The molecule has 5 heteroatoms. The van der Waals surface area contributed by atoms with Crippen LogP contribution in [0.5, 0.6) is 0 Å². The van der Waals surface area contributed by atoms with Crippen LogP contribution in [0.2, 0.25) is 0 Å². The largest absolute Gasteiger partial charge is 0.357 e. The summed E-state index contributed by atoms with van der Waals surface area (Å²) >= 11 is 3.91. The third-order valence-electron chi connectivity index (χ3n) is 4.17. The fraction of sp³-hybridized carbons (Fsp3) is 0.632. The van der Waals surface area contributed by atoms with Gasteiger partial charge in [-0.1, -0.05) is 18.2 Å². The Balaban J connectivity index is 1.76. The van der Waals surface area contributed by atoms with Gasteiger partial charge in [-0.3, -0.25) is 4.99 Å². The van der Waals surface area contributed by atoms with Crippen molar-refractivity contribution in [3.05, 3.63) is 30.3 Å². The van der Waals surface area contributed by atoms with E-state index in [1.807, 2.05) is 23.5 Å². The smallest absolute Gasteiger partial charge is 0.193 e. The zero-order valence-corrected chi connectivity index (χ0v) is 16.7. The molecule has 3 nitrogen and oxygen atoms in total. The zero-order chi connectivity index (χ0) is 17.0. The number of likely N-dealkylation sites (tertiary alicyclic amines) is 1. The van der Waals surface area contributed by atoms with Gasteiger partial charge in [0.15, 0.2) is 5.96 Å². The van der Waals surface area contributed by atoms with E-state index in [-0.39, 0.29) is 0 Å². The van der Waals surface area contributed by atoms with Crippen molar-refractivity contribution >= 4 is 29.5 Å². The van der Waals surface area contributed by atoms with Crippen LogP contribution in [0, 0.1) is 5.92 Å². The highest BCUT2D eigenvalue weighted by Gasteiger charge is 2.24. The van der Waals surface area contributed by atoms with Gasteiger partial charge in [-0.2, -0.15) is 11.8 Å². The lowest BCUT2D eigenvalue weighted by Gasteiger charge is -2.21. The average Bonchev–Trinajstić information content (AvgIpc) is 3.09. The summed E-state index contributed by atoms with van der Waals surface area (Å²) in [5, 5.41) is 3.47. The Morgan fingerprint density at radius 3 is 2.88 bits per heavy atom. The minimum absolute atomic E-state index is 0.760.